The van der Waals surface area contributed by atoms with E-state index in [1.807, 2.05) is 45.0 Å². The Morgan fingerprint density at radius 3 is 2.62 bits per heavy atom. The van der Waals surface area contributed by atoms with Gasteiger partial charge in [-0.25, -0.2) is 5.01 Å². The highest BCUT2D eigenvalue weighted by molar-refractivity contribution is 5.94. The quantitative estimate of drug-likeness (QED) is 0.599. The van der Waals surface area contributed by atoms with Gasteiger partial charge in [0.2, 0.25) is 0 Å². The third-order valence-electron chi connectivity index (χ3n) is 1.80. The third kappa shape index (κ3) is 2.31. The van der Waals surface area contributed by atoms with Crippen LogP contribution in [0.4, 0.5) is 0 Å². The second-order valence-corrected chi connectivity index (χ2v) is 3.57. The molecule has 0 aromatic carbocycles. The van der Waals surface area contributed by atoms with E-state index in [0.29, 0.717) is 0 Å². The van der Waals surface area contributed by atoms with Crippen LogP contribution in [0.2, 0.25) is 0 Å². The summed E-state index contributed by atoms with van der Waals surface area (Å²) in [5.41, 5.74) is 4.35. The van der Waals surface area contributed by atoms with Crippen molar-refractivity contribution in [2.75, 3.05) is 0 Å². The Kier molecular flexibility index (Phi) is 2.71. The topological polar surface area (TPSA) is 15.6 Å². The molecule has 2 heteroatoms. The molecule has 0 aromatic heterocycles. The zero-order valence-electron chi connectivity index (χ0n) is 8.76. The van der Waals surface area contributed by atoms with Gasteiger partial charge in [-0.1, -0.05) is 12.2 Å². The molecule has 0 radical (unpaired) electrons. The minimum absolute atomic E-state index is 0.951. The maximum Gasteiger partial charge on any atom is 0.0603 e. The van der Waals surface area contributed by atoms with Gasteiger partial charge in [0.25, 0.3) is 0 Å². The van der Waals surface area contributed by atoms with Crippen LogP contribution < -0.4 is 0 Å². The maximum absolute atomic E-state index is 4.35. The van der Waals surface area contributed by atoms with Gasteiger partial charge < -0.3 is 0 Å². The van der Waals surface area contributed by atoms with Gasteiger partial charge in [-0.05, 0) is 39.3 Å². The number of hydrazone groups is 1. The lowest BCUT2D eigenvalue weighted by molar-refractivity contribution is 0.499. The van der Waals surface area contributed by atoms with Crippen molar-refractivity contribution in [1.82, 2.24) is 5.01 Å². The summed E-state index contributed by atoms with van der Waals surface area (Å²) in [6.07, 6.45) is 4.03. The Balaban J connectivity index is 2.97. The molecule has 0 saturated heterocycles. The lowest BCUT2D eigenvalue weighted by atomic mass is 10.1. The highest BCUT2D eigenvalue weighted by Gasteiger charge is 2.10. The molecule has 0 bridgehead atoms. The molecule has 0 unspecified atom stereocenters. The molecule has 1 aliphatic heterocycles. The molecule has 13 heavy (non-hydrogen) atoms. The molecule has 0 atom stereocenters. The zero-order valence-corrected chi connectivity index (χ0v) is 8.76. The van der Waals surface area contributed by atoms with Gasteiger partial charge in [0.05, 0.1) is 11.4 Å². The lowest BCUT2D eigenvalue weighted by Gasteiger charge is -2.22. The predicted octanol–water partition coefficient (Wildman–Crippen LogP) is 3.06. The Morgan fingerprint density at radius 1 is 1.46 bits per heavy atom. The molecule has 0 fully saturated rings. The molecule has 1 rings (SSSR count). The largest absolute Gasteiger partial charge is 0.241 e. The van der Waals surface area contributed by atoms with Crippen LogP contribution in [-0.2, 0) is 0 Å². The van der Waals surface area contributed by atoms with Gasteiger partial charge in [-0.3, -0.25) is 0 Å². The van der Waals surface area contributed by atoms with E-state index < -0.39 is 0 Å². The van der Waals surface area contributed by atoms with Crippen LogP contribution in [0.1, 0.15) is 27.7 Å². The second kappa shape index (κ2) is 3.60. The fourth-order valence-electron chi connectivity index (χ4n) is 1.19. The first-order valence-electron chi connectivity index (χ1n) is 4.37. The average Bonchev–Trinajstić information content (AvgIpc) is 1.98. The number of hydrogen-bond acceptors (Lipinski definition) is 2. The maximum atomic E-state index is 4.35. The van der Waals surface area contributed by atoms with E-state index >= 15 is 0 Å². The summed E-state index contributed by atoms with van der Waals surface area (Å²) in [6, 6.07) is 0. The van der Waals surface area contributed by atoms with Gasteiger partial charge in [-0.15, -0.1) is 0 Å². The van der Waals surface area contributed by atoms with Gasteiger partial charge in [0, 0.05) is 6.20 Å². The number of hydrogen-bond donors (Lipinski definition) is 0. The zero-order chi connectivity index (χ0) is 10.0. The Bertz CT molecular complexity index is 315. The fourth-order valence-corrected chi connectivity index (χ4v) is 1.19. The van der Waals surface area contributed by atoms with Crippen molar-refractivity contribution in [2.45, 2.75) is 27.7 Å². The molecule has 70 valence electrons. The van der Waals surface area contributed by atoms with Crippen LogP contribution in [-0.4, -0.2) is 10.7 Å². The fraction of sp³-hybridized carbons (Fsp3) is 0.364. The lowest BCUT2D eigenvalue weighted by Crippen LogP contribution is -2.16. The molecule has 1 aliphatic rings. The summed E-state index contributed by atoms with van der Waals surface area (Å²) in [7, 11) is 0. The monoisotopic (exact) mass is 176 g/mol. The number of nitrogens with zero attached hydrogens (tertiary/aromatic N) is 2. The minimum atomic E-state index is 0.951. The van der Waals surface area contributed by atoms with Crippen LogP contribution in [0.15, 0.2) is 40.8 Å². The van der Waals surface area contributed by atoms with Crippen molar-refractivity contribution >= 4 is 5.71 Å². The van der Waals surface area contributed by atoms with Crippen LogP contribution in [0.5, 0.6) is 0 Å². The Morgan fingerprint density at radius 2 is 2.08 bits per heavy atom. The van der Waals surface area contributed by atoms with Crippen molar-refractivity contribution < 1.29 is 0 Å². The van der Waals surface area contributed by atoms with E-state index in [-0.39, 0.29) is 0 Å². The van der Waals surface area contributed by atoms with Crippen molar-refractivity contribution in [2.24, 2.45) is 5.10 Å². The van der Waals surface area contributed by atoms with E-state index in [1.54, 1.807) is 0 Å². The van der Waals surface area contributed by atoms with Crippen molar-refractivity contribution in [3.8, 4) is 0 Å². The molecule has 0 amide bonds. The summed E-state index contributed by atoms with van der Waals surface area (Å²) in [5, 5.41) is 6.18. The summed E-state index contributed by atoms with van der Waals surface area (Å²) < 4.78 is 0. The molecule has 2 nitrogen and oxygen atoms in total. The molecular formula is C11H16N2. The van der Waals surface area contributed by atoms with Gasteiger partial charge >= 0.3 is 0 Å². The number of rotatable bonds is 1. The average molecular weight is 176 g/mol. The van der Waals surface area contributed by atoms with E-state index in [4.69, 9.17) is 0 Å². The van der Waals surface area contributed by atoms with Crippen LogP contribution in [0.25, 0.3) is 0 Å². The van der Waals surface area contributed by atoms with E-state index in [1.165, 1.54) is 11.1 Å². The van der Waals surface area contributed by atoms with Crippen molar-refractivity contribution in [3.63, 3.8) is 0 Å². The Hall–Kier alpha value is -1.31. The first-order chi connectivity index (χ1) is 6.00. The van der Waals surface area contributed by atoms with Crippen molar-refractivity contribution in [3.05, 3.63) is 35.7 Å². The minimum Gasteiger partial charge on any atom is -0.241 e. The summed E-state index contributed by atoms with van der Waals surface area (Å²) in [4.78, 5) is 0. The van der Waals surface area contributed by atoms with Gasteiger partial charge in [-0.2, -0.15) is 5.10 Å². The summed E-state index contributed by atoms with van der Waals surface area (Å²) in [6.45, 7) is 12.1. The Labute approximate surface area is 79.9 Å². The van der Waals surface area contributed by atoms with Gasteiger partial charge in [0.1, 0.15) is 0 Å². The normalized spacial score (nSPS) is 16.6. The molecule has 1 heterocycles. The highest BCUT2D eigenvalue weighted by atomic mass is 15.5. The smallest absolute Gasteiger partial charge is 0.0603 e. The van der Waals surface area contributed by atoms with E-state index in [0.717, 1.165) is 11.4 Å². The molecule has 0 spiro atoms. The van der Waals surface area contributed by atoms with Crippen LogP contribution in [0, 0.1) is 0 Å². The molecule has 0 saturated carbocycles. The van der Waals surface area contributed by atoms with Crippen LogP contribution in [0.3, 0.4) is 0 Å². The number of allylic oxidation sites excluding steroid dienone is 3. The summed E-state index contributed by atoms with van der Waals surface area (Å²) in [5.74, 6) is 0. The van der Waals surface area contributed by atoms with E-state index in [2.05, 4.69) is 11.7 Å². The third-order valence-corrected chi connectivity index (χ3v) is 1.80. The molecule has 0 aromatic rings. The predicted molar refractivity (Wildman–Crippen MR) is 57.3 cm³/mol. The second-order valence-electron chi connectivity index (χ2n) is 3.57. The SMILES string of the molecule is C=C1C(C)=CC(C)=NN1C=C(C)C. The van der Waals surface area contributed by atoms with Gasteiger partial charge in [0.15, 0.2) is 0 Å². The molecule has 0 N–H and O–H groups in total. The first-order valence-corrected chi connectivity index (χ1v) is 4.37. The molecule has 0 aliphatic carbocycles. The first kappa shape index (κ1) is 9.78. The standard InChI is InChI=1S/C11H16N2/c1-8(2)7-13-11(5)9(3)6-10(4)12-13/h6-7H,5H2,1-4H3. The molecular weight excluding hydrogens is 160 g/mol. The summed E-state index contributed by atoms with van der Waals surface area (Å²) >= 11 is 0. The van der Waals surface area contributed by atoms with E-state index in [9.17, 15) is 0 Å². The van der Waals surface area contributed by atoms with Crippen LogP contribution >= 0.6 is 0 Å². The van der Waals surface area contributed by atoms with Crippen molar-refractivity contribution in [1.29, 1.82) is 0 Å². The highest BCUT2D eigenvalue weighted by Crippen LogP contribution is 2.19.